The van der Waals surface area contributed by atoms with E-state index >= 15 is 0 Å². The van der Waals surface area contributed by atoms with Crippen molar-refractivity contribution in [2.75, 3.05) is 0 Å². The molecule has 0 nitrogen and oxygen atoms in total. The first-order chi connectivity index (χ1) is 6.85. The molecule has 0 N–H and O–H groups in total. The predicted molar refractivity (Wildman–Crippen MR) is 68.9 cm³/mol. The minimum absolute atomic E-state index is 0.608. The van der Waals surface area contributed by atoms with Gasteiger partial charge in [0.05, 0.1) is 0 Å². The molecule has 0 aromatic rings. The molecule has 0 saturated heterocycles. The third kappa shape index (κ3) is 3.50. The van der Waals surface area contributed by atoms with Gasteiger partial charge in [0.2, 0.25) is 0 Å². The van der Waals surface area contributed by atoms with Crippen LogP contribution in [-0.2, 0) is 0 Å². The van der Waals surface area contributed by atoms with Crippen molar-refractivity contribution in [3.63, 3.8) is 0 Å². The van der Waals surface area contributed by atoms with E-state index in [1.807, 2.05) is 0 Å². The van der Waals surface area contributed by atoms with Gasteiger partial charge in [-0.2, -0.15) is 0 Å². The van der Waals surface area contributed by atoms with E-state index in [1.54, 1.807) is 0 Å². The fourth-order valence-electron chi connectivity index (χ4n) is 3.78. The van der Waals surface area contributed by atoms with Crippen molar-refractivity contribution in [3.8, 4) is 0 Å². The molecule has 1 fully saturated rings. The highest BCUT2D eigenvalue weighted by molar-refractivity contribution is 4.90. The van der Waals surface area contributed by atoms with Crippen molar-refractivity contribution in [1.82, 2.24) is 0 Å². The van der Waals surface area contributed by atoms with E-state index in [-0.39, 0.29) is 0 Å². The van der Waals surface area contributed by atoms with Crippen molar-refractivity contribution in [3.05, 3.63) is 0 Å². The summed E-state index contributed by atoms with van der Waals surface area (Å²) in [4.78, 5) is 0. The molecule has 0 heteroatoms. The molecule has 3 unspecified atom stereocenters. The van der Waals surface area contributed by atoms with Crippen molar-refractivity contribution in [2.24, 2.45) is 29.1 Å². The Hall–Kier alpha value is 0. The molecular formula is C15H30. The summed E-state index contributed by atoms with van der Waals surface area (Å²) in [5.74, 6) is 3.78. The second-order valence-corrected chi connectivity index (χ2v) is 7.01. The fourth-order valence-corrected chi connectivity index (χ4v) is 3.78. The molecular weight excluding hydrogens is 180 g/mol. The summed E-state index contributed by atoms with van der Waals surface area (Å²) in [6, 6.07) is 0. The Morgan fingerprint density at radius 1 is 1.13 bits per heavy atom. The largest absolute Gasteiger partial charge is 0.0651 e. The zero-order valence-corrected chi connectivity index (χ0v) is 11.6. The van der Waals surface area contributed by atoms with Crippen LogP contribution in [0.4, 0.5) is 0 Å². The summed E-state index contributed by atoms with van der Waals surface area (Å²) >= 11 is 0. The quantitative estimate of drug-likeness (QED) is 0.603. The molecule has 0 heterocycles. The van der Waals surface area contributed by atoms with Crippen LogP contribution in [0.5, 0.6) is 0 Å². The number of hydrogen-bond donors (Lipinski definition) is 0. The Morgan fingerprint density at radius 2 is 1.73 bits per heavy atom. The zero-order valence-electron chi connectivity index (χ0n) is 11.6. The normalized spacial score (nSPS) is 32.2. The topological polar surface area (TPSA) is 0 Å². The Kier molecular flexibility index (Phi) is 4.26. The summed E-state index contributed by atoms with van der Waals surface area (Å²) in [5, 5.41) is 0. The van der Waals surface area contributed by atoms with Crippen LogP contribution in [0.15, 0.2) is 0 Å². The first-order valence-electron chi connectivity index (χ1n) is 6.85. The van der Waals surface area contributed by atoms with Gasteiger partial charge in [0.25, 0.3) is 0 Å². The SMILES string of the molecule is CCC1CC(C)(C)CC1C(C)CC(C)C. The molecule has 15 heavy (non-hydrogen) atoms. The van der Waals surface area contributed by atoms with Crippen LogP contribution in [-0.4, -0.2) is 0 Å². The lowest BCUT2D eigenvalue weighted by Crippen LogP contribution is -2.18. The Balaban J connectivity index is 2.59. The van der Waals surface area contributed by atoms with E-state index in [0.29, 0.717) is 5.41 Å². The van der Waals surface area contributed by atoms with Crippen molar-refractivity contribution in [1.29, 1.82) is 0 Å². The zero-order chi connectivity index (χ0) is 11.6. The minimum atomic E-state index is 0.608. The summed E-state index contributed by atoms with van der Waals surface area (Å²) in [7, 11) is 0. The van der Waals surface area contributed by atoms with E-state index in [1.165, 1.54) is 25.7 Å². The highest BCUT2D eigenvalue weighted by atomic mass is 14.5. The minimum Gasteiger partial charge on any atom is -0.0651 e. The lowest BCUT2D eigenvalue weighted by molar-refractivity contribution is 0.235. The van der Waals surface area contributed by atoms with E-state index in [9.17, 15) is 0 Å². The molecule has 1 aliphatic rings. The molecule has 0 aromatic carbocycles. The van der Waals surface area contributed by atoms with Crippen LogP contribution in [0.2, 0.25) is 0 Å². The van der Waals surface area contributed by atoms with Gasteiger partial charge in [0, 0.05) is 0 Å². The average molecular weight is 210 g/mol. The van der Waals surface area contributed by atoms with Crippen LogP contribution < -0.4 is 0 Å². The van der Waals surface area contributed by atoms with Gasteiger partial charge in [-0.1, -0.05) is 48.0 Å². The van der Waals surface area contributed by atoms with Gasteiger partial charge in [-0.3, -0.25) is 0 Å². The van der Waals surface area contributed by atoms with Crippen LogP contribution in [0.1, 0.15) is 67.2 Å². The Labute approximate surface area is 96.8 Å². The highest BCUT2D eigenvalue weighted by Gasteiger charge is 2.40. The van der Waals surface area contributed by atoms with Gasteiger partial charge in [0.1, 0.15) is 0 Å². The maximum absolute atomic E-state index is 2.48. The standard InChI is InChI=1S/C15H30/c1-7-13-9-15(5,6)10-14(13)12(4)8-11(2)3/h11-14H,7-10H2,1-6H3. The van der Waals surface area contributed by atoms with Crippen LogP contribution >= 0.6 is 0 Å². The number of rotatable bonds is 4. The van der Waals surface area contributed by atoms with Crippen LogP contribution in [0, 0.1) is 29.1 Å². The van der Waals surface area contributed by atoms with E-state index in [4.69, 9.17) is 0 Å². The van der Waals surface area contributed by atoms with E-state index in [0.717, 1.165) is 23.7 Å². The molecule has 90 valence electrons. The summed E-state index contributed by atoms with van der Waals surface area (Å²) in [6.45, 7) is 14.5. The van der Waals surface area contributed by atoms with E-state index < -0.39 is 0 Å². The maximum atomic E-state index is 2.48. The van der Waals surface area contributed by atoms with Gasteiger partial charge in [0.15, 0.2) is 0 Å². The average Bonchev–Trinajstić information content (AvgIpc) is 2.40. The maximum Gasteiger partial charge on any atom is -0.0349 e. The monoisotopic (exact) mass is 210 g/mol. The smallest absolute Gasteiger partial charge is 0.0349 e. The predicted octanol–water partition coefficient (Wildman–Crippen LogP) is 5.13. The Morgan fingerprint density at radius 3 is 2.20 bits per heavy atom. The molecule has 1 saturated carbocycles. The highest BCUT2D eigenvalue weighted by Crippen LogP contribution is 2.50. The Bertz CT molecular complexity index is 190. The molecule has 1 rings (SSSR count). The third-order valence-corrected chi connectivity index (χ3v) is 4.31. The molecule has 0 spiro atoms. The molecule has 0 amide bonds. The molecule has 0 bridgehead atoms. The van der Waals surface area contributed by atoms with Gasteiger partial charge in [-0.05, 0) is 48.3 Å². The molecule has 0 aromatic heterocycles. The van der Waals surface area contributed by atoms with E-state index in [2.05, 4.69) is 41.5 Å². The van der Waals surface area contributed by atoms with Gasteiger partial charge in [-0.15, -0.1) is 0 Å². The van der Waals surface area contributed by atoms with Crippen molar-refractivity contribution >= 4 is 0 Å². The van der Waals surface area contributed by atoms with Gasteiger partial charge in [-0.25, -0.2) is 0 Å². The number of hydrogen-bond acceptors (Lipinski definition) is 0. The third-order valence-electron chi connectivity index (χ3n) is 4.31. The lowest BCUT2D eigenvalue weighted by Gasteiger charge is -2.26. The van der Waals surface area contributed by atoms with Gasteiger partial charge >= 0.3 is 0 Å². The van der Waals surface area contributed by atoms with Crippen LogP contribution in [0.3, 0.4) is 0 Å². The lowest BCUT2D eigenvalue weighted by atomic mass is 9.79. The van der Waals surface area contributed by atoms with Crippen molar-refractivity contribution in [2.45, 2.75) is 67.2 Å². The van der Waals surface area contributed by atoms with Gasteiger partial charge < -0.3 is 0 Å². The second-order valence-electron chi connectivity index (χ2n) is 7.01. The first kappa shape index (κ1) is 13.1. The molecule has 0 aliphatic heterocycles. The molecule has 3 atom stereocenters. The molecule has 1 aliphatic carbocycles. The summed E-state index contributed by atoms with van der Waals surface area (Å²) < 4.78 is 0. The first-order valence-corrected chi connectivity index (χ1v) is 6.85. The second kappa shape index (κ2) is 4.89. The molecule has 0 radical (unpaired) electrons. The summed E-state index contributed by atoms with van der Waals surface area (Å²) in [5.41, 5.74) is 0.608. The fraction of sp³-hybridized carbons (Fsp3) is 1.00. The van der Waals surface area contributed by atoms with Crippen LogP contribution in [0.25, 0.3) is 0 Å². The van der Waals surface area contributed by atoms with Crippen molar-refractivity contribution < 1.29 is 0 Å². The summed E-state index contributed by atoms with van der Waals surface area (Å²) in [6.07, 6.45) is 5.71.